The number of anilines is 3. The van der Waals surface area contributed by atoms with Crippen LogP contribution in [-0.4, -0.2) is 9.97 Å². The molecule has 1 heterocycles. The van der Waals surface area contributed by atoms with Crippen molar-refractivity contribution < 1.29 is 8.78 Å². The van der Waals surface area contributed by atoms with E-state index in [0.29, 0.717) is 12.4 Å². The van der Waals surface area contributed by atoms with E-state index in [1.54, 1.807) is 6.07 Å². The first kappa shape index (κ1) is 15.9. The van der Waals surface area contributed by atoms with E-state index in [1.165, 1.54) is 30.0 Å². The molecule has 0 aliphatic heterocycles. The van der Waals surface area contributed by atoms with Crippen LogP contribution >= 0.6 is 0 Å². The van der Waals surface area contributed by atoms with Gasteiger partial charge >= 0.3 is 0 Å². The standard InChI is InChI=1S/C18H16F2N4/c1-12-4-2-5-13(10-12)11-22-16-8-9-21-18(23-16)24-17-14(19)6-3-7-15(17)20/h2-10H,11H2,1H3,(H2,21,22,23,24). The van der Waals surface area contributed by atoms with Gasteiger partial charge in [-0.25, -0.2) is 13.8 Å². The predicted octanol–water partition coefficient (Wildman–Crippen LogP) is 4.42. The maximum Gasteiger partial charge on any atom is 0.229 e. The average Bonchev–Trinajstić information content (AvgIpc) is 2.57. The molecule has 122 valence electrons. The molecule has 0 saturated heterocycles. The minimum Gasteiger partial charge on any atom is -0.366 e. The molecule has 6 heteroatoms. The van der Waals surface area contributed by atoms with Crippen LogP contribution in [0.15, 0.2) is 54.7 Å². The number of halogens is 2. The maximum atomic E-state index is 13.7. The van der Waals surface area contributed by atoms with E-state index in [1.807, 2.05) is 25.1 Å². The summed E-state index contributed by atoms with van der Waals surface area (Å²) in [5.74, 6) is -0.715. The molecule has 3 aromatic rings. The SMILES string of the molecule is Cc1cccc(CNc2ccnc(Nc3c(F)cccc3F)n2)c1. The number of nitrogens with one attached hydrogen (secondary N) is 2. The van der Waals surface area contributed by atoms with E-state index in [0.717, 1.165) is 5.56 Å². The Morgan fingerprint density at radius 1 is 1.00 bits per heavy atom. The Kier molecular flexibility index (Phi) is 4.65. The van der Waals surface area contributed by atoms with Gasteiger partial charge < -0.3 is 10.6 Å². The summed E-state index contributed by atoms with van der Waals surface area (Å²) in [6, 6.07) is 13.4. The first-order chi connectivity index (χ1) is 11.6. The molecule has 0 saturated carbocycles. The van der Waals surface area contributed by atoms with E-state index in [9.17, 15) is 8.78 Å². The Labute approximate surface area is 138 Å². The summed E-state index contributed by atoms with van der Waals surface area (Å²) in [6.45, 7) is 2.62. The Morgan fingerprint density at radius 3 is 2.50 bits per heavy atom. The first-order valence-corrected chi connectivity index (χ1v) is 7.45. The first-order valence-electron chi connectivity index (χ1n) is 7.45. The molecule has 0 bridgehead atoms. The highest BCUT2D eigenvalue weighted by atomic mass is 19.1. The van der Waals surface area contributed by atoms with Crippen LogP contribution in [0.3, 0.4) is 0 Å². The molecule has 2 aromatic carbocycles. The fourth-order valence-corrected chi connectivity index (χ4v) is 2.26. The highest BCUT2D eigenvalue weighted by molar-refractivity contribution is 5.56. The summed E-state index contributed by atoms with van der Waals surface area (Å²) in [6.07, 6.45) is 1.52. The molecule has 0 atom stereocenters. The van der Waals surface area contributed by atoms with Gasteiger partial charge in [0.05, 0.1) is 0 Å². The van der Waals surface area contributed by atoms with Gasteiger partial charge in [-0.1, -0.05) is 35.9 Å². The molecule has 24 heavy (non-hydrogen) atoms. The van der Waals surface area contributed by atoms with Gasteiger partial charge in [0, 0.05) is 12.7 Å². The lowest BCUT2D eigenvalue weighted by molar-refractivity contribution is 0.590. The molecule has 0 spiro atoms. The highest BCUT2D eigenvalue weighted by Gasteiger charge is 2.10. The summed E-state index contributed by atoms with van der Waals surface area (Å²) in [4.78, 5) is 8.21. The van der Waals surface area contributed by atoms with Gasteiger partial charge in [0.2, 0.25) is 5.95 Å². The maximum absolute atomic E-state index is 13.7. The Morgan fingerprint density at radius 2 is 1.75 bits per heavy atom. The van der Waals surface area contributed by atoms with Crippen LogP contribution in [0.25, 0.3) is 0 Å². The third-order valence-electron chi connectivity index (χ3n) is 3.41. The van der Waals surface area contributed by atoms with Crippen LogP contribution in [0.1, 0.15) is 11.1 Å². The van der Waals surface area contributed by atoms with E-state index >= 15 is 0 Å². The Hall–Kier alpha value is -3.02. The van der Waals surface area contributed by atoms with Crippen molar-refractivity contribution in [1.29, 1.82) is 0 Å². The smallest absolute Gasteiger partial charge is 0.229 e. The predicted molar refractivity (Wildman–Crippen MR) is 90.2 cm³/mol. The molecule has 2 N–H and O–H groups in total. The molecule has 0 fully saturated rings. The van der Waals surface area contributed by atoms with Crippen LogP contribution in [0.2, 0.25) is 0 Å². The zero-order valence-corrected chi connectivity index (χ0v) is 13.1. The summed E-state index contributed by atoms with van der Waals surface area (Å²) >= 11 is 0. The molecule has 0 radical (unpaired) electrons. The number of hydrogen-bond acceptors (Lipinski definition) is 4. The van der Waals surface area contributed by atoms with Crippen molar-refractivity contribution in [2.24, 2.45) is 0 Å². The number of aryl methyl sites for hydroxylation is 1. The number of nitrogens with zero attached hydrogens (tertiary/aromatic N) is 2. The van der Waals surface area contributed by atoms with E-state index < -0.39 is 11.6 Å². The second-order valence-electron chi connectivity index (χ2n) is 5.33. The lowest BCUT2D eigenvalue weighted by Gasteiger charge is -2.10. The third-order valence-corrected chi connectivity index (χ3v) is 3.41. The molecule has 0 aliphatic rings. The van der Waals surface area contributed by atoms with Crippen LogP contribution in [0, 0.1) is 18.6 Å². The van der Waals surface area contributed by atoms with Gasteiger partial charge in [0.15, 0.2) is 0 Å². The van der Waals surface area contributed by atoms with Gasteiger partial charge in [0.1, 0.15) is 23.1 Å². The van der Waals surface area contributed by atoms with Gasteiger partial charge in [-0.05, 0) is 30.7 Å². The van der Waals surface area contributed by atoms with E-state index in [4.69, 9.17) is 0 Å². The van der Waals surface area contributed by atoms with Gasteiger partial charge in [0.25, 0.3) is 0 Å². The Bertz CT molecular complexity index is 832. The molecule has 4 nitrogen and oxygen atoms in total. The Balaban J connectivity index is 1.72. The topological polar surface area (TPSA) is 49.8 Å². The molecular formula is C18H16F2N4. The molecule has 0 amide bonds. The highest BCUT2D eigenvalue weighted by Crippen LogP contribution is 2.21. The largest absolute Gasteiger partial charge is 0.366 e. The minimum absolute atomic E-state index is 0.119. The second kappa shape index (κ2) is 7.04. The number of hydrogen-bond donors (Lipinski definition) is 2. The monoisotopic (exact) mass is 326 g/mol. The average molecular weight is 326 g/mol. The second-order valence-corrected chi connectivity index (χ2v) is 5.33. The molecular weight excluding hydrogens is 310 g/mol. The summed E-state index contributed by atoms with van der Waals surface area (Å²) in [7, 11) is 0. The molecule has 0 aliphatic carbocycles. The van der Waals surface area contributed by atoms with E-state index in [-0.39, 0.29) is 11.6 Å². The molecule has 1 aromatic heterocycles. The summed E-state index contributed by atoms with van der Waals surface area (Å²) in [5.41, 5.74) is 2.02. The van der Waals surface area contributed by atoms with Crippen molar-refractivity contribution in [3.05, 3.63) is 77.5 Å². The van der Waals surface area contributed by atoms with Crippen LogP contribution in [0.5, 0.6) is 0 Å². The van der Waals surface area contributed by atoms with Crippen LogP contribution in [0.4, 0.5) is 26.2 Å². The van der Waals surface area contributed by atoms with Gasteiger partial charge in [-0.2, -0.15) is 4.98 Å². The van der Waals surface area contributed by atoms with Crippen molar-refractivity contribution >= 4 is 17.5 Å². The normalized spacial score (nSPS) is 10.5. The van der Waals surface area contributed by atoms with Crippen molar-refractivity contribution in [2.45, 2.75) is 13.5 Å². The van der Waals surface area contributed by atoms with Crippen molar-refractivity contribution in [3.8, 4) is 0 Å². The quantitative estimate of drug-likeness (QED) is 0.729. The summed E-state index contributed by atoms with van der Waals surface area (Å²) in [5, 5.41) is 5.74. The fraction of sp³-hybridized carbons (Fsp3) is 0.111. The van der Waals surface area contributed by atoms with Gasteiger partial charge in [-0.3, -0.25) is 0 Å². The minimum atomic E-state index is -0.697. The molecule has 3 rings (SSSR count). The number of benzene rings is 2. The lowest BCUT2D eigenvalue weighted by atomic mass is 10.1. The van der Waals surface area contributed by atoms with Crippen molar-refractivity contribution in [2.75, 3.05) is 10.6 Å². The number of para-hydroxylation sites is 1. The van der Waals surface area contributed by atoms with Crippen LogP contribution < -0.4 is 10.6 Å². The van der Waals surface area contributed by atoms with Crippen molar-refractivity contribution in [1.82, 2.24) is 9.97 Å². The fourth-order valence-electron chi connectivity index (χ4n) is 2.26. The number of rotatable bonds is 5. The summed E-state index contributed by atoms with van der Waals surface area (Å²) < 4.78 is 27.3. The number of aromatic nitrogens is 2. The van der Waals surface area contributed by atoms with Crippen molar-refractivity contribution in [3.63, 3.8) is 0 Å². The molecule has 0 unspecified atom stereocenters. The van der Waals surface area contributed by atoms with Crippen LogP contribution in [-0.2, 0) is 6.54 Å². The zero-order valence-electron chi connectivity index (χ0n) is 13.1. The lowest BCUT2D eigenvalue weighted by Crippen LogP contribution is -2.05. The zero-order chi connectivity index (χ0) is 16.9. The van der Waals surface area contributed by atoms with Gasteiger partial charge in [-0.15, -0.1) is 0 Å². The van der Waals surface area contributed by atoms with E-state index in [2.05, 4.69) is 26.7 Å². The third kappa shape index (κ3) is 3.84.